The zero-order valence-electron chi connectivity index (χ0n) is 18.4. The van der Waals surface area contributed by atoms with Crippen molar-refractivity contribution in [3.05, 3.63) is 80.5 Å². The number of nitrogens with one attached hydrogen (secondary N) is 1. The summed E-state index contributed by atoms with van der Waals surface area (Å²) in [6.45, 7) is 3.43. The standard InChI is InChI=1S/C24H18N4O6S/c1-10-21(35-11(2)25-10)19(30)17-18(12-3-6-14(29)7-4-12)28(22(32)20(17)31)24-26-15-8-5-13(23(33)34)9-16(15)27-24/h3-9,18,29,31H,1-2H3,(H,26,27)(H,33,34). The number of aliphatic hydroxyl groups excluding tert-OH is 1. The van der Waals surface area contributed by atoms with E-state index in [1.54, 1.807) is 26.0 Å². The van der Waals surface area contributed by atoms with Crippen LogP contribution < -0.4 is 4.90 Å². The highest BCUT2D eigenvalue weighted by atomic mass is 32.1. The summed E-state index contributed by atoms with van der Waals surface area (Å²) in [4.78, 5) is 51.3. The number of aromatic amines is 1. The number of aryl methyl sites for hydroxylation is 2. The van der Waals surface area contributed by atoms with Crippen molar-refractivity contribution in [3.8, 4) is 5.75 Å². The second-order valence-electron chi connectivity index (χ2n) is 8.01. The van der Waals surface area contributed by atoms with Gasteiger partial charge in [0.15, 0.2) is 5.76 Å². The maximum atomic E-state index is 13.6. The van der Waals surface area contributed by atoms with Crippen LogP contribution in [0.15, 0.2) is 53.8 Å². The van der Waals surface area contributed by atoms with Crippen molar-refractivity contribution in [1.82, 2.24) is 15.0 Å². The Bertz CT molecular complexity index is 1570. The summed E-state index contributed by atoms with van der Waals surface area (Å²) in [6, 6.07) is 9.12. The van der Waals surface area contributed by atoms with E-state index in [1.165, 1.54) is 30.3 Å². The van der Waals surface area contributed by atoms with Gasteiger partial charge < -0.3 is 20.3 Å². The Kier molecular flexibility index (Phi) is 5.13. The molecule has 3 heterocycles. The largest absolute Gasteiger partial charge is 0.508 e. The first-order valence-electron chi connectivity index (χ1n) is 10.4. The summed E-state index contributed by atoms with van der Waals surface area (Å²) in [5.74, 6) is -3.21. The zero-order valence-corrected chi connectivity index (χ0v) is 19.3. The average molecular weight is 490 g/mol. The molecule has 0 fully saturated rings. The van der Waals surface area contributed by atoms with Crippen molar-refractivity contribution in [2.24, 2.45) is 0 Å². The topological polar surface area (TPSA) is 157 Å². The number of anilines is 1. The Morgan fingerprint density at radius 1 is 1.06 bits per heavy atom. The van der Waals surface area contributed by atoms with Crippen LogP contribution >= 0.6 is 11.3 Å². The number of phenols is 1. The van der Waals surface area contributed by atoms with Crippen LogP contribution in [0.25, 0.3) is 11.0 Å². The zero-order chi connectivity index (χ0) is 25.0. The number of ketones is 1. The van der Waals surface area contributed by atoms with E-state index in [9.17, 15) is 29.7 Å². The number of Topliss-reactive ketones (excluding diaryl/α,β-unsaturated/α-hetero) is 1. The quantitative estimate of drug-likeness (QED) is 0.308. The normalized spacial score (nSPS) is 15.9. The molecule has 1 amide bonds. The third kappa shape index (κ3) is 3.62. The lowest BCUT2D eigenvalue weighted by atomic mass is 9.95. The van der Waals surface area contributed by atoms with Gasteiger partial charge in [0.05, 0.1) is 43.8 Å². The van der Waals surface area contributed by atoms with Crippen molar-refractivity contribution in [2.75, 3.05) is 4.90 Å². The molecular formula is C24H18N4O6S. The molecule has 1 aliphatic rings. The number of aromatic nitrogens is 3. The highest BCUT2D eigenvalue weighted by Gasteiger charge is 2.46. The lowest BCUT2D eigenvalue weighted by Crippen LogP contribution is -2.32. The van der Waals surface area contributed by atoms with Crippen molar-refractivity contribution >= 4 is 46.0 Å². The van der Waals surface area contributed by atoms with Gasteiger partial charge in [-0.1, -0.05) is 12.1 Å². The van der Waals surface area contributed by atoms with Crippen molar-refractivity contribution < 1.29 is 29.7 Å². The number of rotatable bonds is 5. The Labute approximate surface area is 201 Å². The van der Waals surface area contributed by atoms with Crippen LogP contribution in [0.4, 0.5) is 5.95 Å². The molecule has 0 saturated heterocycles. The second-order valence-corrected chi connectivity index (χ2v) is 9.21. The smallest absolute Gasteiger partial charge is 0.335 e. The molecule has 0 bridgehead atoms. The van der Waals surface area contributed by atoms with Crippen LogP contribution in [0.1, 0.15) is 42.3 Å². The first kappa shape index (κ1) is 22.3. The molecule has 0 radical (unpaired) electrons. The molecule has 0 saturated carbocycles. The lowest BCUT2D eigenvalue weighted by Gasteiger charge is -2.24. The first-order valence-corrected chi connectivity index (χ1v) is 11.2. The van der Waals surface area contributed by atoms with Crippen LogP contribution in [0, 0.1) is 13.8 Å². The molecule has 11 heteroatoms. The predicted octanol–water partition coefficient (Wildman–Crippen LogP) is 3.82. The van der Waals surface area contributed by atoms with Crippen molar-refractivity contribution in [3.63, 3.8) is 0 Å². The van der Waals surface area contributed by atoms with E-state index in [0.717, 1.165) is 16.2 Å². The van der Waals surface area contributed by atoms with Crippen LogP contribution in [0.2, 0.25) is 0 Å². The molecule has 2 aromatic carbocycles. The van der Waals surface area contributed by atoms with Crippen LogP contribution in [-0.4, -0.2) is 47.9 Å². The SMILES string of the molecule is Cc1nc(C)c(C(=O)C2=C(O)C(=O)N(c3nc4ccc(C(=O)O)cc4[nH]3)C2c2ccc(O)cc2)s1. The number of aromatic hydroxyl groups is 1. The number of hydrogen-bond acceptors (Lipinski definition) is 8. The number of H-pyrrole nitrogens is 1. The maximum absolute atomic E-state index is 13.6. The number of amides is 1. The molecule has 0 spiro atoms. The Hall–Kier alpha value is -4.51. The van der Waals surface area contributed by atoms with Crippen LogP contribution in [0.5, 0.6) is 5.75 Å². The monoisotopic (exact) mass is 490 g/mol. The number of aromatic carboxylic acids is 1. The number of nitrogens with zero attached hydrogens (tertiary/aromatic N) is 3. The maximum Gasteiger partial charge on any atom is 0.335 e. The van der Waals surface area contributed by atoms with Crippen LogP contribution in [0.3, 0.4) is 0 Å². The Morgan fingerprint density at radius 2 is 1.77 bits per heavy atom. The molecule has 0 aliphatic carbocycles. The van der Waals surface area contributed by atoms with E-state index in [2.05, 4.69) is 15.0 Å². The van der Waals surface area contributed by atoms with E-state index in [-0.39, 0.29) is 22.8 Å². The number of imidazole rings is 1. The average Bonchev–Trinajstić information content (AvgIpc) is 3.46. The van der Waals surface area contributed by atoms with Gasteiger partial charge in [-0.2, -0.15) is 0 Å². The van der Waals surface area contributed by atoms with Crippen LogP contribution in [-0.2, 0) is 4.79 Å². The van der Waals surface area contributed by atoms with E-state index < -0.39 is 29.5 Å². The summed E-state index contributed by atoms with van der Waals surface area (Å²) in [5.41, 5.74) is 1.59. The van der Waals surface area contributed by atoms with Gasteiger partial charge in [0.1, 0.15) is 5.75 Å². The summed E-state index contributed by atoms with van der Waals surface area (Å²) in [6.07, 6.45) is 0. The number of carboxylic acids is 1. The molecular weight excluding hydrogens is 472 g/mol. The number of fused-ring (bicyclic) bond motifs is 1. The third-order valence-electron chi connectivity index (χ3n) is 5.72. The summed E-state index contributed by atoms with van der Waals surface area (Å²) < 4.78 is 0. The summed E-state index contributed by atoms with van der Waals surface area (Å²) in [5, 5.41) is 30.6. The van der Waals surface area contributed by atoms with E-state index in [1.807, 2.05) is 0 Å². The molecule has 10 nitrogen and oxygen atoms in total. The fourth-order valence-electron chi connectivity index (χ4n) is 4.14. The molecule has 1 aliphatic heterocycles. The highest BCUT2D eigenvalue weighted by molar-refractivity contribution is 7.14. The number of thiazole rings is 1. The minimum Gasteiger partial charge on any atom is -0.508 e. The highest BCUT2D eigenvalue weighted by Crippen LogP contribution is 2.42. The molecule has 4 N–H and O–H groups in total. The van der Waals surface area contributed by atoms with Gasteiger partial charge in [-0.25, -0.2) is 14.8 Å². The molecule has 35 heavy (non-hydrogen) atoms. The molecule has 1 atom stereocenters. The van der Waals surface area contributed by atoms with Gasteiger partial charge in [-0.15, -0.1) is 11.3 Å². The number of aliphatic hydroxyl groups is 1. The molecule has 2 aromatic heterocycles. The number of benzene rings is 2. The van der Waals surface area contributed by atoms with Gasteiger partial charge in [0.25, 0.3) is 5.91 Å². The number of hydrogen-bond donors (Lipinski definition) is 4. The van der Waals surface area contributed by atoms with E-state index in [4.69, 9.17) is 0 Å². The number of carboxylic acid groups (broad SMARTS) is 1. The Balaban J connectivity index is 1.67. The molecule has 4 aromatic rings. The molecule has 176 valence electrons. The fourth-order valence-corrected chi connectivity index (χ4v) is 5.01. The predicted molar refractivity (Wildman–Crippen MR) is 127 cm³/mol. The van der Waals surface area contributed by atoms with Gasteiger partial charge in [0, 0.05) is 0 Å². The Morgan fingerprint density at radius 3 is 2.40 bits per heavy atom. The number of carbonyl (C=O) groups is 3. The second kappa shape index (κ2) is 8.06. The van der Waals surface area contributed by atoms with Gasteiger partial charge in [0.2, 0.25) is 11.7 Å². The fraction of sp³-hybridized carbons (Fsp3) is 0.125. The van der Waals surface area contributed by atoms with Gasteiger partial charge >= 0.3 is 5.97 Å². The minimum absolute atomic E-state index is 0.00966. The molecule has 5 rings (SSSR count). The van der Waals surface area contributed by atoms with Crippen molar-refractivity contribution in [2.45, 2.75) is 19.9 Å². The van der Waals surface area contributed by atoms with E-state index >= 15 is 0 Å². The summed E-state index contributed by atoms with van der Waals surface area (Å²) in [7, 11) is 0. The number of carbonyl (C=O) groups excluding carboxylic acids is 2. The van der Waals surface area contributed by atoms with E-state index in [0.29, 0.717) is 32.2 Å². The summed E-state index contributed by atoms with van der Waals surface area (Å²) >= 11 is 1.16. The number of phenolic OH excluding ortho intramolecular Hbond substituents is 1. The first-order chi connectivity index (χ1) is 16.7. The lowest BCUT2D eigenvalue weighted by molar-refractivity contribution is -0.117. The molecule has 1 unspecified atom stereocenters. The van der Waals surface area contributed by atoms with Gasteiger partial charge in [-0.3, -0.25) is 14.5 Å². The third-order valence-corrected chi connectivity index (χ3v) is 6.79. The van der Waals surface area contributed by atoms with Crippen molar-refractivity contribution in [1.29, 1.82) is 0 Å². The van der Waals surface area contributed by atoms with Gasteiger partial charge in [-0.05, 0) is 49.7 Å². The minimum atomic E-state index is -1.12.